The minimum Gasteiger partial charge on any atom is -0.458 e. The summed E-state index contributed by atoms with van der Waals surface area (Å²) in [6, 6.07) is 0. The third-order valence-electron chi connectivity index (χ3n) is 3.68. The molecule has 0 bridgehead atoms. The molecule has 0 aromatic carbocycles. The van der Waals surface area contributed by atoms with E-state index in [1.54, 1.807) is 41.8 Å². The Labute approximate surface area is 181 Å². The molecule has 27 heavy (non-hydrogen) atoms. The molecular formula is C19H32N2O2S4. The Morgan fingerprint density at radius 3 is 2.48 bits per heavy atom. The molecule has 0 saturated heterocycles. The van der Waals surface area contributed by atoms with E-state index in [1.165, 1.54) is 25.7 Å². The van der Waals surface area contributed by atoms with E-state index in [4.69, 9.17) is 4.74 Å². The van der Waals surface area contributed by atoms with Crippen molar-refractivity contribution in [1.82, 2.24) is 10.2 Å². The maximum atomic E-state index is 11.8. The smallest absolute Gasteiger partial charge is 0.333 e. The molecule has 154 valence electrons. The zero-order chi connectivity index (χ0) is 19.9. The number of ether oxygens (including phenoxy) is 1. The molecule has 4 nitrogen and oxygen atoms in total. The van der Waals surface area contributed by atoms with Crippen LogP contribution in [-0.2, 0) is 9.53 Å². The number of aromatic nitrogens is 2. The Balaban J connectivity index is 2.26. The van der Waals surface area contributed by atoms with Gasteiger partial charge in [-0.15, -0.1) is 22.0 Å². The van der Waals surface area contributed by atoms with Gasteiger partial charge in [-0.25, -0.2) is 4.79 Å². The van der Waals surface area contributed by atoms with Crippen LogP contribution in [0.5, 0.6) is 0 Å². The van der Waals surface area contributed by atoms with Gasteiger partial charge in [0.2, 0.25) is 0 Å². The molecule has 1 heterocycles. The third kappa shape index (κ3) is 12.1. The maximum Gasteiger partial charge on any atom is 0.333 e. The van der Waals surface area contributed by atoms with Crippen LogP contribution in [0, 0.1) is 0 Å². The molecule has 0 radical (unpaired) electrons. The lowest BCUT2D eigenvalue weighted by Gasteiger charge is -2.17. The van der Waals surface area contributed by atoms with Gasteiger partial charge in [0, 0.05) is 22.2 Å². The Kier molecular flexibility index (Phi) is 14.5. The van der Waals surface area contributed by atoms with Crippen LogP contribution < -0.4 is 0 Å². The van der Waals surface area contributed by atoms with Crippen LogP contribution in [-0.4, -0.2) is 38.9 Å². The lowest BCUT2D eigenvalue weighted by Crippen LogP contribution is -2.21. The number of carbonyl (C=O) groups excluding carboxylic acids is 1. The number of thioether (sulfide) groups is 3. The van der Waals surface area contributed by atoms with Crippen molar-refractivity contribution in [2.75, 3.05) is 16.6 Å². The van der Waals surface area contributed by atoms with Crippen molar-refractivity contribution < 1.29 is 9.53 Å². The van der Waals surface area contributed by atoms with Gasteiger partial charge in [0.25, 0.3) is 0 Å². The number of carbonyl (C=O) groups is 1. The largest absolute Gasteiger partial charge is 0.458 e. The van der Waals surface area contributed by atoms with E-state index in [9.17, 15) is 4.79 Å². The van der Waals surface area contributed by atoms with Gasteiger partial charge < -0.3 is 4.74 Å². The number of rotatable bonds is 16. The highest BCUT2D eigenvalue weighted by Crippen LogP contribution is 2.31. The number of hydrogen-bond acceptors (Lipinski definition) is 8. The first-order valence-corrected chi connectivity index (χ1v) is 13.5. The van der Waals surface area contributed by atoms with Crippen molar-refractivity contribution in [3.63, 3.8) is 0 Å². The quantitative estimate of drug-likeness (QED) is 0.0919. The van der Waals surface area contributed by atoms with Crippen molar-refractivity contribution in [3.8, 4) is 0 Å². The van der Waals surface area contributed by atoms with Gasteiger partial charge in [0.05, 0.1) is 0 Å². The van der Waals surface area contributed by atoms with Gasteiger partial charge in [0.1, 0.15) is 6.10 Å². The van der Waals surface area contributed by atoms with Gasteiger partial charge in [0.15, 0.2) is 8.68 Å². The van der Waals surface area contributed by atoms with Gasteiger partial charge in [-0.3, -0.25) is 0 Å². The summed E-state index contributed by atoms with van der Waals surface area (Å²) in [5.74, 6) is 1.65. The predicted molar refractivity (Wildman–Crippen MR) is 122 cm³/mol. The zero-order valence-corrected chi connectivity index (χ0v) is 20.0. The van der Waals surface area contributed by atoms with Crippen molar-refractivity contribution >= 4 is 52.6 Å². The van der Waals surface area contributed by atoms with Gasteiger partial charge in [-0.2, -0.15) is 0 Å². The molecule has 0 saturated carbocycles. The van der Waals surface area contributed by atoms with Gasteiger partial charge >= 0.3 is 5.97 Å². The normalized spacial score (nSPS) is 12.1. The Morgan fingerprint density at radius 2 is 1.81 bits per heavy atom. The molecule has 1 rings (SSSR count). The molecule has 0 aliphatic rings. The predicted octanol–water partition coefficient (Wildman–Crippen LogP) is 6.67. The fourth-order valence-corrected chi connectivity index (χ4v) is 6.57. The molecule has 0 spiro atoms. The number of hydrogen-bond donors (Lipinski definition) is 0. The second-order valence-electron chi connectivity index (χ2n) is 6.33. The molecule has 0 N–H and O–H groups in total. The Hall–Kier alpha value is -0.180. The monoisotopic (exact) mass is 448 g/mol. The zero-order valence-electron chi connectivity index (χ0n) is 16.7. The molecule has 0 aliphatic heterocycles. The van der Waals surface area contributed by atoms with E-state index in [2.05, 4.69) is 30.6 Å². The molecule has 1 unspecified atom stereocenters. The minimum absolute atomic E-state index is 0.0385. The first-order valence-electron chi connectivity index (χ1n) is 9.60. The van der Waals surface area contributed by atoms with E-state index < -0.39 is 0 Å². The SMILES string of the molecule is C=C(C)C(=O)OC(CCCC)CSCSc1nnc(SCCCCCC)s1. The number of nitrogens with zero attached hydrogens (tertiary/aromatic N) is 2. The lowest BCUT2D eigenvalue weighted by atomic mass is 10.2. The first-order chi connectivity index (χ1) is 13.1. The number of unbranched alkanes of at least 4 members (excludes halogenated alkanes) is 4. The molecule has 0 fully saturated rings. The highest BCUT2D eigenvalue weighted by molar-refractivity contribution is 8.16. The summed E-state index contributed by atoms with van der Waals surface area (Å²) in [5.41, 5.74) is 0.462. The summed E-state index contributed by atoms with van der Waals surface area (Å²) in [7, 11) is 0. The molecule has 0 amide bonds. The third-order valence-corrected chi connectivity index (χ3v) is 8.30. The second-order valence-corrected chi connectivity index (χ2v) is 11.3. The average Bonchev–Trinajstić information content (AvgIpc) is 3.10. The molecular weight excluding hydrogens is 416 g/mol. The summed E-state index contributed by atoms with van der Waals surface area (Å²) in [6.07, 6.45) is 8.17. The fourth-order valence-electron chi connectivity index (χ4n) is 2.13. The van der Waals surface area contributed by atoms with Crippen LogP contribution in [0.2, 0.25) is 0 Å². The van der Waals surface area contributed by atoms with Crippen LogP contribution in [0.25, 0.3) is 0 Å². The maximum absolute atomic E-state index is 11.8. The molecule has 0 aliphatic carbocycles. The first kappa shape index (κ1) is 24.9. The van der Waals surface area contributed by atoms with Gasteiger partial charge in [-0.1, -0.05) is 87.4 Å². The van der Waals surface area contributed by atoms with Crippen LogP contribution in [0.15, 0.2) is 20.8 Å². The summed E-state index contributed by atoms with van der Waals surface area (Å²) < 4.78 is 7.63. The van der Waals surface area contributed by atoms with Crippen molar-refractivity contribution in [3.05, 3.63) is 12.2 Å². The van der Waals surface area contributed by atoms with Crippen LogP contribution in [0.4, 0.5) is 0 Å². The summed E-state index contributed by atoms with van der Waals surface area (Å²) >= 11 is 6.99. The van der Waals surface area contributed by atoms with E-state index in [1.807, 2.05) is 11.8 Å². The van der Waals surface area contributed by atoms with Crippen molar-refractivity contribution in [2.24, 2.45) is 0 Å². The van der Waals surface area contributed by atoms with E-state index in [-0.39, 0.29) is 12.1 Å². The van der Waals surface area contributed by atoms with Crippen molar-refractivity contribution in [1.29, 1.82) is 0 Å². The topological polar surface area (TPSA) is 52.1 Å². The van der Waals surface area contributed by atoms with E-state index in [0.29, 0.717) is 5.57 Å². The number of esters is 1. The molecule has 1 atom stereocenters. The molecule has 1 aromatic heterocycles. The highest BCUT2D eigenvalue weighted by atomic mass is 32.2. The second kappa shape index (κ2) is 15.7. The highest BCUT2D eigenvalue weighted by Gasteiger charge is 2.15. The minimum atomic E-state index is -0.283. The average molecular weight is 449 g/mol. The molecule has 8 heteroatoms. The summed E-state index contributed by atoms with van der Waals surface area (Å²) in [5, 5.41) is 9.43. The Morgan fingerprint density at radius 1 is 1.11 bits per heavy atom. The van der Waals surface area contributed by atoms with E-state index >= 15 is 0 Å². The van der Waals surface area contributed by atoms with E-state index in [0.717, 1.165) is 44.5 Å². The molecule has 1 aromatic rings. The van der Waals surface area contributed by atoms with Crippen LogP contribution >= 0.6 is 46.6 Å². The lowest BCUT2D eigenvalue weighted by molar-refractivity contribution is -0.143. The summed E-state index contributed by atoms with van der Waals surface area (Å²) in [4.78, 5) is 11.8. The van der Waals surface area contributed by atoms with Crippen molar-refractivity contribution in [2.45, 2.75) is 80.5 Å². The van der Waals surface area contributed by atoms with Crippen LogP contribution in [0.3, 0.4) is 0 Å². The Bertz CT molecular complexity index is 552. The summed E-state index contributed by atoms with van der Waals surface area (Å²) in [6.45, 7) is 9.73. The fraction of sp³-hybridized carbons (Fsp3) is 0.737. The van der Waals surface area contributed by atoms with Gasteiger partial charge in [-0.05, 0) is 19.8 Å². The van der Waals surface area contributed by atoms with Crippen LogP contribution in [0.1, 0.15) is 65.7 Å². The standard InChI is InChI=1S/C19H32N2O2S4/c1-5-7-9-10-12-25-18-20-21-19(27-18)26-14-24-13-16(11-8-6-2)23-17(22)15(3)4/h16H,3,5-14H2,1-2,4H3.